The maximum Gasteiger partial charge on any atom is 0.242 e. The molecule has 0 aliphatic heterocycles. The Balaban J connectivity index is 1.96. The normalized spacial score (nSPS) is 26.4. The summed E-state index contributed by atoms with van der Waals surface area (Å²) in [5, 5.41) is 17.5. The molecular weight excluding hydrogens is 270 g/mol. The molecule has 6 nitrogen and oxygen atoms in total. The summed E-state index contributed by atoms with van der Waals surface area (Å²) < 4.78 is 7.00. The van der Waals surface area contributed by atoms with Crippen molar-refractivity contribution in [1.29, 1.82) is 0 Å². The van der Waals surface area contributed by atoms with E-state index in [1.54, 1.807) is 11.8 Å². The van der Waals surface area contributed by atoms with E-state index in [4.69, 9.17) is 4.74 Å². The molecule has 118 valence electrons. The lowest BCUT2D eigenvalue weighted by atomic mass is 10.0. The minimum absolute atomic E-state index is 0.123. The van der Waals surface area contributed by atoms with E-state index < -0.39 is 6.10 Å². The summed E-state index contributed by atoms with van der Waals surface area (Å²) in [6.45, 7) is 4.01. The third-order valence-corrected chi connectivity index (χ3v) is 4.09. The predicted octanol–water partition coefficient (Wildman–Crippen LogP) is 0.935. The average molecular weight is 295 g/mol. The van der Waals surface area contributed by atoms with Crippen LogP contribution < -0.4 is 5.32 Å². The molecule has 1 amide bonds. The first kappa shape index (κ1) is 16.0. The van der Waals surface area contributed by atoms with E-state index in [-0.39, 0.29) is 24.6 Å². The highest BCUT2D eigenvalue weighted by Crippen LogP contribution is 2.20. The number of hydrogen-bond acceptors (Lipinski definition) is 4. The Labute approximate surface area is 125 Å². The van der Waals surface area contributed by atoms with Crippen LogP contribution in [0, 0.1) is 13.8 Å². The van der Waals surface area contributed by atoms with E-state index in [9.17, 15) is 9.90 Å². The zero-order chi connectivity index (χ0) is 15.4. The maximum absolute atomic E-state index is 12.2. The van der Waals surface area contributed by atoms with Gasteiger partial charge in [-0.2, -0.15) is 5.10 Å². The van der Waals surface area contributed by atoms with Gasteiger partial charge in [-0.25, -0.2) is 0 Å². The monoisotopic (exact) mass is 295 g/mol. The van der Waals surface area contributed by atoms with Gasteiger partial charge in [0.05, 0.1) is 17.8 Å². The molecule has 0 bridgehead atoms. The van der Waals surface area contributed by atoms with Gasteiger partial charge >= 0.3 is 0 Å². The van der Waals surface area contributed by atoms with E-state index in [2.05, 4.69) is 10.4 Å². The van der Waals surface area contributed by atoms with Crippen LogP contribution in [0.4, 0.5) is 0 Å². The van der Waals surface area contributed by atoms with Gasteiger partial charge in [-0.3, -0.25) is 9.48 Å². The highest BCUT2D eigenvalue weighted by molar-refractivity contribution is 5.76. The molecule has 1 saturated carbocycles. The largest absolute Gasteiger partial charge is 0.388 e. The number of methoxy groups -OCH3 is 1. The Hall–Kier alpha value is -1.40. The zero-order valence-electron chi connectivity index (χ0n) is 13.0. The summed E-state index contributed by atoms with van der Waals surface area (Å²) in [6, 6.07) is 1.69. The van der Waals surface area contributed by atoms with Crippen LogP contribution in [0.1, 0.15) is 37.1 Å². The van der Waals surface area contributed by atoms with Crippen molar-refractivity contribution < 1.29 is 14.6 Å². The molecule has 0 spiro atoms. The van der Waals surface area contributed by atoms with E-state index in [1.807, 2.05) is 19.9 Å². The van der Waals surface area contributed by atoms with Gasteiger partial charge in [0, 0.05) is 12.8 Å². The first-order chi connectivity index (χ1) is 10.0. The molecule has 2 N–H and O–H groups in total. The SMILES string of the molecule is CO[C@@H]1CCCC[C@@H](NC(=O)Cn2nc(C)cc2C)[C@H]1O. The van der Waals surface area contributed by atoms with Crippen LogP contribution in [-0.4, -0.2) is 46.2 Å². The number of carbonyl (C=O) groups is 1. The summed E-state index contributed by atoms with van der Waals surface area (Å²) in [5.74, 6) is -0.123. The molecule has 3 atom stereocenters. The van der Waals surface area contributed by atoms with E-state index in [0.29, 0.717) is 0 Å². The Morgan fingerprint density at radius 2 is 2.19 bits per heavy atom. The molecule has 1 heterocycles. The number of amides is 1. The molecule has 1 aliphatic rings. The fourth-order valence-corrected chi connectivity index (χ4v) is 2.95. The quantitative estimate of drug-likeness (QED) is 0.810. The summed E-state index contributed by atoms with van der Waals surface area (Å²) in [4.78, 5) is 12.2. The van der Waals surface area contributed by atoms with Crippen molar-refractivity contribution in [3.8, 4) is 0 Å². The molecule has 1 fully saturated rings. The van der Waals surface area contributed by atoms with Crippen molar-refractivity contribution in [2.24, 2.45) is 0 Å². The van der Waals surface area contributed by atoms with Gasteiger partial charge in [-0.1, -0.05) is 12.8 Å². The van der Waals surface area contributed by atoms with Crippen LogP contribution in [0.25, 0.3) is 0 Å². The van der Waals surface area contributed by atoms with Gasteiger partial charge in [0.15, 0.2) is 0 Å². The van der Waals surface area contributed by atoms with Gasteiger partial charge in [0.1, 0.15) is 12.6 Å². The van der Waals surface area contributed by atoms with Gasteiger partial charge in [-0.15, -0.1) is 0 Å². The van der Waals surface area contributed by atoms with Crippen LogP contribution in [0.15, 0.2) is 6.07 Å². The van der Waals surface area contributed by atoms with Crippen molar-refractivity contribution in [1.82, 2.24) is 15.1 Å². The number of ether oxygens (including phenoxy) is 1. The molecule has 1 aromatic rings. The molecular formula is C15H25N3O3. The molecule has 0 radical (unpaired) electrons. The third kappa shape index (κ3) is 4.04. The van der Waals surface area contributed by atoms with E-state index in [1.165, 1.54) is 0 Å². The Morgan fingerprint density at radius 1 is 1.48 bits per heavy atom. The molecule has 21 heavy (non-hydrogen) atoms. The number of aliphatic hydroxyl groups excluding tert-OH is 1. The van der Waals surface area contributed by atoms with Crippen LogP contribution in [0.3, 0.4) is 0 Å². The fourth-order valence-electron chi connectivity index (χ4n) is 2.95. The minimum atomic E-state index is -0.651. The highest BCUT2D eigenvalue weighted by atomic mass is 16.5. The lowest BCUT2D eigenvalue weighted by molar-refractivity contribution is -0.124. The van der Waals surface area contributed by atoms with E-state index >= 15 is 0 Å². The molecule has 6 heteroatoms. The van der Waals surface area contributed by atoms with Crippen molar-refractivity contribution in [3.63, 3.8) is 0 Å². The van der Waals surface area contributed by atoms with Gasteiger partial charge in [0.2, 0.25) is 5.91 Å². The fraction of sp³-hybridized carbons (Fsp3) is 0.733. The number of carbonyl (C=O) groups excluding carboxylic acids is 1. The molecule has 2 rings (SSSR count). The number of nitrogens with one attached hydrogen (secondary N) is 1. The molecule has 0 unspecified atom stereocenters. The number of aliphatic hydroxyl groups is 1. The zero-order valence-corrected chi connectivity index (χ0v) is 13.0. The third-order valence-electron chi connectivity index (χ3n) is 4.09. The van der Waals surface area contributed by atoms with Crippen LogP contribution in [-0.2, 0) is 16.1 Å². The van der Waals surface area contributed by atoms with Gasteiger partial charge in [-0.05, 0) is 32.8 Å². The number of aryl methyl sites for hydroxylation is 2. The highest BCUT2D eigenvalue weighted by Gasteiger charge is 2.31. The minimum Gasteiger partial charge on any atom is -0.388 e. The number of nitrogens with zero attached hydrogens (tertiary/aromatic N) is 2. The lowest BCUT2D eigenvalue weighted by Gasteiger charge is -2.27. The lowest BCUT2D eigenvalue weighted by Crippen LogP contribution is -2.48. The molecule has 0 aromatic carbocycles. The summed E-state index contributed by atoms with van der Waals surface area (Å²) in [5.41, 5.74) is 1.85. The van der Waals surface area contributed by atoms with Crippen LogP contribution in [0.5, 0.6) is 0 Å². The summed E-state index contributed by atoms with van der Waals surface area (Å²) in [7, 11) is 1.61. The van der Waals surface area contributed by atoms with Crippen LogP contribution in [0.2, 0.25) is 0 Å². The maximum atomic E-state index is 12.2. The number of rotatable bonds is 4. The molecule has 0 saturated heterocycles. The Bertz CT molecular complexity index is 487. The van der Waals surface area contributed by atoms with Gasteiger partial charge in [0.25, 0.3) is 0 Å². The first-order valence-electron chi connectivity index (χ1n) is 7.52. The predicted molar refractivity (Wildman–Crippen MR) is 78.9 cm³/mol. The van der Waals surface area contributed by atoms with Crippen LogP contribution >= 0.6 is 0 Å². The first-order valence-corrected chi connectivity index (χ1v) is 7.52. The molecule has 1 aliphatic carbocycles. The Kier molecular flexibility index (Phi) is 5.36. The standard InChI is InChI=1S/C15H25N3O3/c1-10-8-11(2)18(17-10)9-14(19)16-12-6-4-5-7-13(21-3)15(12)20/h8,12-13,15,20H,4-7,9H2,1-3H3,(H,16,19)/t12-,13-,15-/m1/s1. The second-order valence-corrected chi connectivity index (χ2v) is 5.81. The number of aromatic nitrogens is 2. The van der Waals surface area contributed by atoms with Crippen molar-refractivity contribution in [2.45, 2.75) is 64.3 Å². The van der Waals surface area contributed by atoms with Crippen molar-refractivity contribution in [2.75, 3.05) is 7.11 Å². The second kappa shape index (κ2) is 7.04. The topological polar surface area (TPSA) is 76.4 Å². The van der Waals surface area contributed by atoms with Crippen molar-refractivity contribution >= 4 is 5.91 Å². The Morgan fingerprint density at radius 3 is 2.81 bits per heavy atom. The van der Waals surface area contributed by atoms with Gasteiger partial charge < -0.3 is 15.2 Å². The summed E-state index contributed by atoms with van der Waals surface area (Å²) in [6.07, 6.45) is 2.76. The molecule has 1 aromatic heterocycles. The number of hydrogen-bond donors (Lipinski definition) is 2. The average Bonchev–Trinajstić information content (AvgIpc) is 2.64. The smallest absolute Gasteiger partial charge is 0.242 e. The van der Waals surface area contributed by atoms with Crippen molar-refractivity contribution in [3.05, 3.63) is 17.5 Å². The summed E-state index contributed by atoms with van der Waals surface area (Å²) >= 11 is 0. The van der Waals surface area contributed by atoms with E-state index in [0.717, 1.165) is 37.1 Å². The second-order valence-electron chi connectivity index (χ2n) is 5.81.